The minimum Gasteiger partial charge on any atom is -0.495 e. The van der Waals surface area contributed by atoms with E-state index in [0.29, 0.717) is 0 Å². The van der Waals surface area contributed by atoms with Crippen molar-refractivity contribution in [3.05, 3.63) is 48.0 Å². The molecule has 0 aliphatic carbocycles. The SMILES string of the molecule is CCNC(c1cncc(OC)c1)c1ccncc1OC. The summed E-state index contributed by atoms with van der Waals surface area (Å²) in [4.78, 5) is 8.31. The first-order chi connectivity index (χ1) is 9.80. The third kappa shape index (κ3) is 3.05. The van der Waals surface area contributed by atoms with Gasteiger partial charge >= 0.3 is 0 Å². The molecule has 1 N–H and O–H groups in total. The van der Waals surface area contributed by atoms with Crippen LogP contribution in [0.4, 0.5) is 0 Å². The summed E-state index contributed by atoms with van der Waals surface area (Å²) in [6.07, 6.45) is 7.00. The second kappa shape index (κ2) is 6.86. The molecule has 0 amide bonds. The van der Waals surface area contributed by atoms with Crippen LogP contribution in [0.2, 0.25) is 0 Å². The van der Waals surface area contributed by atoms with Crippen molar-refractivity contribution in [3.8, 4) is 11.5 Å². The summed E-state index contributed by atoms with van der Waals surface area (Å²) in [5.74, 6) is 1.49. The first-order valence-electron chi connectivity index (χ1n) is 6.50. The molecule has 2 aromatic heterocycles. The van der Waals surface area contributed by atoms with E-state index in [1.165, 1.54) is 0 Å². The van der Waals surface area contributed by atoms with E-state index in [9.17, 15) is 0 Å². The minimum absolute atomic E-state index is 0.0134. The van der Waals surface area contributed by atoms with Gasteiger partial charge in [-0.05, 0) is 24.2 Å². The van der Waals surface area contributed by atoms with Gasteiger partial charge in [0.25, 0.3) is 0 Å². The number of pyridine rings is 2. The van der Waals surface area contributed by atoms with Crippen molar-refractivity contribution in [1.29, 1.82) is 0 Å². The van der Waals surface area contributed by atoms with E-state index in [4.69, 9.17) is 9.47 Å². The molecule has 0 aliphatic rings. The Morgan fingerprint density at radius 2 is 2.00 bits per heavy atom. The van der Waals surface area contributed by atoms with Gasteiger partial charge in [0.15, 0.2) is 0 Å². The number of ether oxygens (including phenoxy) is 2. The Labute approximate surface area is 119 Å². The molecule has 0 aromatic carbocycles. The van der Waals surface area contributed by atoms with E-state index < -0.39 is 0 Å². The topological polar surface area (TPSA) is 56.3 Å². The predicted octanol–water partition coefficient (Wildman–Crippen LogP) is 2.19. The predicted molar refractivity (Wildman–Crippen MR) is 77.1 cm³/mol. The lowest BCUT2D eigenvalue weighted by Crippen LogP contribution is -2.22. The van der Waals surface area contributed by atoms with Gasteiger partial charge in [-0.2, -0.15) is 0 Å². The summed E-state index contributed by atoms with van der Waals surface area (Å²) in [6.45, 7) is 2.89. The third-order valence-electron chi connectivity index (χ3n) is 3.06. The van der Waals surface area contributed by atoms with Gasteiger partial charge in [0, 0.05) is 18.0 Å². The Balaban J connectivity index is 2.44. The Hall–Kier alpha value is -2.14. The largest absolute Gasteiger partial charge is 0.495 e. The van der Waals surface area contributed by atoms with Crippen molar-refractivity contribution < 1.29 is 9.47 Å². The zero-order valence-corrected chi connectivity index (χ0v) is 12.0. The van der Waals surface area contributed by atoms with Crippen LogP contribution in [0.3, 0.4) is 0 Å². The third-order valence-corrected chi connectivity index (χ3v) is 3.06. The molecule has 0 spiro atoms. The fourth-order valence-corrected chi connectivity index (χ4v) is 2.12. The maximum atomic E-state index is 5.40. The van der Waals surface area contributed by atoms with E-state index in [-0.39, 0.29) is 6.04 Å². The number of nitrogens with zero attached hydrogens (tertiary/aromatic N) is 2. The fraction of sp³-hybridized carbons (Fsp3) is 0.333. The number of hydrogen-bond donors (Lipinski definition) is 1. The fourth-order valence-electron chi connectivity index (χ4n) is 2.12. The van der Waals surface area contributed by atoms with Gasteiger partial charge in [-0.3, -0.25) is 9.97 Å². The van der Waals surface area contributed by atoms with Crippen molar-refractivity contribution in [1.82, 2.24) is 15.3 Å². The first-order valence-corrected chi connectivity index (χ1v) is 6.50. The Kier molecular flexibility index (Phi) is 4.90. The van der Waals surface area contributed by atoms with Gasteiger partial charge in [0.05, 0.1) is 32.7 Å². The van der Waals surface area contributed by atoms with E-state index >= 15 is 0 Å². The molecule has 2 rings (SSSR count). The van der Waals surface area contributed by atoms with Gasteiger partial charge in [-0.15, -0.1) is 0 Å². The normalized spacial score (nSPS) is 11.9. The Bertz CT molecular complexity index is 560. The van der Waals surface area contributed by atoms with Crippen LogP contribution in [-0.2, 0) is 0 Å². The number of nitrogens with one attached hydrogen (secondary N) is 1. The lowest BCUT2D eigenvalue weighted by Gasteiger charge is -2.21. The molecule has 0 saturated carbocycles. The van der Waals surface area contributed by atoms with Crippen LogP contribution in [-0.4, -0.2) is 30.7 Å². The Morgan fingerprint density at radius 3 is 2.70 bits per heavy atom. The maximum absolute atomic E-state index is 5.40. The van der Waals surface area contributed by atoms with Gasteiger partial charge in [-0.1, -0.05) is 6.92 Å². The summed E-state index contributed by atoms with van der Waals surface area (Å²) in [6, 6.07) is 3.91. The molecule has 2 aromatic rings. The number of aromatic nitrogens is 2. The zero-order valence-electron chi connectivity index (χ0n) is 12.0. The maximum Gasteiger partial charge on any atom is 0.142 e. The smallest absolute Gasteiger partial charge is 0.142 e. The molecule has 5 nitrogen and oxygen atoms in total. The van der Waals surface area contributed by atoms with Gasteiger partial charge in [0.1, 0.15) is 11.5 Å². The molecule has 1 atom stereocenters. The highest BCUT2D eigenvalue weighted by atomic mass is 16.5. The number of methoxy groups -OCH3 is 2. The molecular formula is C15H19N3O2. The van der Waals surface area contributed by atoms with Crippen LogP contribution in [0, 0.1) is 0 Å². The summed E-state index contributed by atoms with van der Waals surface area (Å²) in [7, 11) is 3.28. The summed E-state index contributed by atoms with van der Waals surface area (Å²) in [5, 5.41) is 3.44. The standard InChI is InChI=1S/C15H19N3O2/c1-4-18-15(11-7-12(19-2)9-17-8-11)13-5-6-16-10-14(13)20-3/h5-10,15,18H,4H2,1-3H3. The molecule has 1 unspecified atom stereocenters. The second-order valence-electron chi connectivity index (χ2n) is 4.27. The summed E-state index contributed by atoms with van der Waals surface area (Å²) in [5.41, 5.74) is 2.05. The molecule has 0 saturated heterocycles. The molecule has 0 aliphatic heterocycles. The van der Waals surface area contributed by atoms with E-state index in [2.05, 4.69) is 22.2 Å². The quantitative estimate of drug-likeness (QED) is 0.874. The van der Waals surface area contributed by atoms with Crippen LogP contribution in [0.25, 0.3) is 0 Å². The monoisotopic (exact) mass is 273 g/mol. The molecule has 0 bridgehead atoms. The molecule has 0 radical (unpaired) electrons. The lowest BCUT2D eigenvalue weighted by molar-refractivity contribution is 0.400. The van der Waals surface area contributed by atoms with Gasteiger partial charge in [-0.25, -0.2) is 0 Å². The summed E-state index contributed by atoms with van der Waals surface area (Å²) >= 11 is 0. The van der Waals surface area contributed by atoms with Crippen molar-refractivity contribution in [2.24, 2.45) is 0 Å². The van der Waals surface area contributed by atoms with Crippen LogP contribution in [0.5, 0.6) is 11.5 Å². The summed E-state index contributed by atoms with van der Waals surface area (Å²) < 4.78 is 10.6. The molecule has 0 fully saturated rings. The number of rotatable bonds is 6. The molecular weight excluding hydrogens is 254 g/mol. The molecule has 5 heteroatoms. The van der Waals surface area contributed by atoms with Crippen LogP contribution in [0.15, 0.2) is 36.9 Å². The zero-order chi connectivity index (χ0) is 14.4. The average molecular weight is 273 g/mol. The van der Waals surface area contributed by atoms with Crippen LogP contribution >= 0.6 is 0 Å². The molecule has 2 heterocycles. The molecule has 20 heavy (non-hydrogen) atoms. The van der Waals surface area contributed by atoms with E-state index in [0.717, 1.165) is 29.2 Å². The van der Waals surface area contributed by atoms with E-state index in [1.807, 2.05) is 18.3 Å². The second-order valence-corrected chi connectivity index (χ2v) is 4.27. The van der Waals surface area contributed by atoms with Crippen molar-refractivity contribution in [3.63, 3.8) is 0 Å². The van der Waals surface area contributed by atoms with Gasteiger partial charge in [0.2, 0.25) is 0 Å². The van der Waals surface area contributed by atoms with Crippen molar-refractivity contribution in [2.45, 2.75) is 13.0 Å². The minimum atomic E-state index is -0.0134. The molecule has 106 valence electrons. The Morgan fingerprint density at radius 1 is 1.15 bits per heavy atom. The van der Waals surface area contributed by atoms with Gasteiger partial charge < -0.3 is 14.8 Å². The van der Waals surface area contributed by atoms with Crippen molar-refractivity contribution >= 4 is 0 Å². The van der Waals surface area contributed by atoms with Crippen LogP contribution in [0.1, 0.15) is 24.1 Å². The lowest BCUT2D eigenvalue weighted by atomic mass is 10.00. The highest BCUT2D eigenvalue weighted by molar-refractivity contribution is 5.40. The highest BCUT2D eigenvalue weighted by Crippen LogP contribution is 2.30. The average Bonchev–Trinajstić information content (AvgIpc) is 2.52. The van der Waals surface area contributed by atoms with Crippen molar-refractivity contribution in [2.75, 3.05) is 20.8 Å². The van der Waals surface area contributed by atoms with E-state index in [1.54, 1.807) is 32.8 Å². The first kappa shape index (κ1) is 14.3. The van der Waals surface area contributed by atoms with Crippen LogP contribution < -0.4 is 14.8 Å². The number of hydrogen-bond acceptors (Lipinski definition) is 5. The highest BCUT2D eigenvalue weighted by Gasteiger charge is 2.18.